The van der Waals surface area contributed by atoms with Crippen molar-refractivity contribution in [3.63, 3.8) is 0 Å². The molecule has 0 amide bonds. The van der Waals surface area contributed by atoms with E-state index in [2.05, 4.69) is 4.74 Å². The number of benzene rings is 2. The van der Waals surface area contributed by atoms with Crippen LogP contribution in [0.15, 0.2) is 54.6 Å². The molecule has 1 unspecified atom stereocenters. The van der Waals surface area contributed by atoms with Gasteiger partial charge in [0.05, 0.1) is 5.56 Å². The third kappa shape index (κ3) is 3.84. The molecule has 0 aromatic heterocycles. The molecule has 1 atom stereocenters. The summed E-state index contributed by atoms with van der Waals surface area (Å²) in [5.74, 6) is -1.44. The van der Waals surface area contributed by atoms with Crippen molar-refractivity contribution in [2.24, 2.45) is 0 Å². The average molecular weight is 294 g/mol. The Morgan fingerprint density at radius 1 is 1.00 bits per heavy atom. The van der Waals surface area contributed by atoms with Crippen LogP contribution in [0.4, 0.5) is 13.2 Å². The minimum atomic E-state index is -4.83. The van der Waals surface area contributed by atoms with E-state index >= 15 is 0 Å². The number of ketones is 1. The highest BCUT2D eigenvalue weighted by molar-refractivity contribution is 6.02. The molecule has 0 aliphatic rings. The Labute approximate surface area is 120 Å². The van der Waals surface area contributed by atoms with Crippen molar-refractivity contribution in [3.8, 4) is 5.75 Å². The molecule has 0 saturated carbocycles. The summed E-state index contributed by atoms with van der Waals surface area (Å²) in [6.07, 6.45) is -4.83. The molecule has 0 N–H and O–H groups in total. The number of rotatable bonds is 4. The highest BCUT2D eigenvalue weighted by atomic mass is 19.4. The minimum Gasteiger partial charge on any atom is -0.405 e. The number of hydrogen-bond acceptors (Lipinski definition) is 2. The van der Waals surface area contributed by atoms with Crippen molar-refractivity contribution in [1.82, 2.24) is 0 Å². The number of para-hydroxylation sites is 1. The van der Waals surface area contributed by atoms with Crippen LogP contribution in [-0.4, -0.2) is 12.1 Å². The van der Waals surface area contributed by atoms with Crippen molar-refractivity contribution in [3.05, 3.63) is 65.7 Å². The largest absolute Gasteiger partial charge is 0.573 e. The molecule has 21 heavy (non-hydrogen) atoms. The molecule has 0 spiro atoms. The molecule has 0 heterocycles. The van der Waals surface area contributed by atoms with Gasteiger partial charge in [-0.15, -0.1) is 13.2 Å². The lowest BCUT2D eigenvalue weighted by Crippen LogP contribution is -2.20. The van der Waals surface area contributed by atoms with E-state index in [1.807, 2.05) is 0 Å². The van der Waals surface area contributed by atoms with Crippen LogP contribution in [0.5, 0.6) is 5.75 Å². The molecule has 0 saturated heterocycles. The van der Waals surface area contributed by atoms with Crippen molar-refractivity contribution >= 4 is 5.78 Å². The summed E-state index contributed by atoms with van der Waals surface area (Å²) < 4.78 is 41.0. The number of Topliss-reactive ketones (excluding diaryl/α,β-unsaturated/α-hetero) is 1. The highest BCUT2D eigenvalue weighted by Crippen LogP contribution is 2.30. The summed E-state index contributed by atoms with van der Waals surface area (Å²) in [5, 5.41) is 0. The van der Waals surface area contributed by atoms with E-state index in [0.717, 1.165) is 11.6 Å². The molecule has 0 bridgehead atoms. The van der Waals surface area contributed by atoms with Gasteiger partial charge in [0.25, 0.3) is 0 Å². The average Bonchev–Trinajstić information content (AvgIpc) is 2.45. The third-order valence-electron chi connectivity index (χ3n) is 3.07. The maximum atomic E-state index is 12.4. The van der Waals surface area contributed by atoms with Crippen LogP contribution in [-0.2, 0) is 0 Å². The van der Waals surface area contributed by atoms with Gasteiger partial charge in [-0.05, 0) is 17.7 Å². The number of hydrogen-bond donors (Lipinski definition) is 0. The first-order valence-corrected chi connectivity index (χ1v) is 6.32. The maximum Gasteiger partial charge on any atom is 0.573 e. The Hall–Kier alpha value is -2.30. The molecule has 110 valence electrons. The molecule has 0 radical (unpaired) electrons. The van der Waals surface area contributed by atoms with Crippen LogP contribution >= 0.6 is 0 Å². The Bertz CT molecular complexity index is 621. The molecule has 2 nitrogen and oxygen atoms in total. The highest BCUT2D eigenvalue weighted by Gasteiger charge is 2.33. The summed E-state index contributed by atoms with van der Waals surface area (Å²) in [4.78, 5) is 12.4. The first-order chi connectivity index (χ1) is 9.88. The lowest BCUT2D eigenvalue weighted by molar-refractivity contribution is -0.274. The zero-order valence-corrected chi connectivity index (χ0v) is 11.2. The molecular weight excluding hydrogens is 281 g/mol. The first kappa shape index (κ1) is 15.1. The van der Waals surface area contributed by atoms with Crippen LogP contribution in [0, 0.1) is 0 Å². The molecule has 0 aliphatic carbocycles. The van der Waals surface area contributed by atoms with Crippen LogP contribution in [0.25, 0.3) is 0 Å². The van der Waals surface area contributed by atoms with E-state index in [0.29, 0.717) is 0 Å². The summed E-state index contributed by atoms with van der Waals surface area (Å²) >= 11 is 0. The van der Waals surface area contributed by atoms with E-state index in [4.69, 9.17) is 0 Å². The van der Waals surface area contributed by atoms with Crippen molar-refractivity contribution in [2.75, 3.05) is 0 Å². The number of carbonyl (C=O) groups excluding carboxylic acids is 1. The first-order valence-electron chi connectivity index (χ1n) is 6.32. The number of carbonyl (C=O) groups is 1. The van der Waals surface area contributed by atoms with Gasteiger partial charge in [-0.2, -0.15) is 0 Å². The van der Waals surface area contributed by atoms with Gasteiger partial charge in [0.1, 0.15) is 5.75 Å². The lowest BCUT2D eigenvalue weighted by atomic mass is 9.92. The van der Waals surface area contributed by atoms with E-state index in [9.17, 15) is 18.0 Å². The Morgan fingerprint density at radius 3 is 2.19 bits per heavy atom. The van der Waals surface area contributed by atoms with Crippen molar-refractivity contribution < 1.29 is 22.7 Å². The van der Waals surface area contributed by atoms with Gasteiger partial charge >= 0.3 is 6.36 Å². The second-order valence-electron chi connectivity index (χ2n) is 4.54. The molecular formula is C16H13F3O2. The predicted molar refractivity (Wildman–Crippen MR) is 72.3 cm³/mol. The zero-order chi connectivity index (χ0) is 15.5. The van der Waals surface area contributed by atoms with E-state index in [1.54, 1.807) is 37.3 Å². The Balaban J connectivity index is 2.31. The van der Waals surface area contributed by atoms with Gasteiger partial charge in [-0.3, -0.25) is 4.79 Å². The van der Waals surface area contributed by atoms with Gasteiger partial charge in [0.15, 0.2) is 5.78 Å². The second-order valence-corrected chi connectivity index (χ2v) is 4.54. The minimum absolute atomic E-state index is 0.0776. The topological polar surface area (TPSA) is 26.3 Å². The van der Waals surface area contributed by atoms with Crippen LogP contribution in [0.1, 0.15) is 28.8 Å². The predicted octanol–water partition coefficient (Wildman–Crippen LogP) is 4.57. The van der Waals surface area contributed by atoms with E-state index in [-0.39, 0.29) is 5.56 Å². The fourth-order valence-corrected chi connectivity index (χ4v) is 2.01. The van der Waals surface area contributed by atoms with Gasteiger partial charge in [-0.25, -0.2) is 0 Å². The van der Waals surface area contributed by atoms with Crippen LogP contribution in [0.3, 0.4) is 0 Å². The summed E-state index contributed by atoms with van der Waals surface area (Å²) in [7, 11) is 0. The lowest BCUT2D eigenvalue weighted by Gasteiger charge is -2.15. The summed E-state index contributed by atoms with van der Waals surface area (Å²) in [6, 6.07) is 14.3. The van der Waals surface area contributed by atoms with Crippen molar-refractivity contribution in [2.45, 2.75) is 19.2 Å². The quantitative estimate of drug-likeness (QED) is 0.772. The zero-order valence-electron chi connectivity index (χ0n) is 11.2. The van der Waals surface area contributed by atoms with Gasteiger partial charge in [0, 0.05) is 5.92 Å². The van der Waals surface area contributed by atoms with Crippen molar-refractivity contribution in [1.29, 1.82) is 0 Å². The molecule has 5 heteroatoms. The van der Waals surface area contributed by atoms with Gasteiger partial charge in [-0.1, -0.05) is 49.4 Å². The van der Waals surface area contributed by atoms with Crippen LogP contribution in [0.2, 0.25) is 0 Å². The summed E-state index contributed by atoms with van der Waals surface area (Å²) in [6.45, 7) is 1.65. The standard InChI is InChI=1S/C16H13F3O2/c1-11(12-7-3-2-4-8-12)15(20)13-9-5-6-10-14(13)21-16(17,18)19/h2-11H,1H3. The Kier molecular flexibility index (Phi) is 4.31. The summed E-state index contributed by atoms with van der Waals surface area (Å²) in [5.41, 5.74) is 0.662. The monoisotopic (exact) mass is 294 g/mol. The molecule has 2 aromatic rings. The second kappa shape index (κ2) is 5.99. The molecule has 2 aromatic carbocycles. The number of halogens is 3. The maximum absolute atomic E-state index is 12.4. The smallest absolute Gasteiger partial charge is 0.405 e. The van der Waals surface area contributed by atoms with Crippen LogP contribution < -0.4 is 4.74 Å². The SMILES string of the molecule is CC(C(=O)c1ccccc1OC(F)(F)F)c1ccccc1. The number of ether oxygens (including phenoxy) is 1. The molecule has 0 aliphatic heterocycles. The Morgan fingerprint density at radius 2 is 1.57 bits per heavy atom. The van der Waals surface area contributed by atoms with Gasteiger partial charge < -0.3 is 4.74 Å². The third-order valence-corrected chi connectivity index (χ3v) is 3.07. The fourth-order valence-electron chi connectivity index (χ4n) is 2.01. The fraction of sp³-hybridized carbons (Fsp3) is 0.188. The molecule has 0 fully saturated rings. The normalized spacial score (nSPS) is 12.8. The molecule has 2 rings (SSSR count). The number of alkyl halides is 3. The van der Waals surface area contributed by atoms with Gasteiger partial charge in [0.2, 0.25) is 0 Å². The van der Waals surface area contributed by atoms with E-state index in [1.165, 1.54) is 18.2 Å². The van der Waals surface area contributed by atoms with E-state index < -0.39 is 23.8 Å².